The molecule has 0 aliphatic heterocycles. The predicted molar refractivity (Wildman–Crippen MR) is 78.6 cm³/mol. The van der Waals surface area contributed by atoms with Crippen molar-refractivity contribution in [1.82, 2.24) is 14.6 Å². The van der Waals surface area contributed by atoms with E-state index < -0.39 is 0 Å². The average molecular weight is 337 g/mol. The van der Waals surface area contributed by atoms with Crippen LogP contribution in [0.4, 0.5) is 5.82 Å². The van der Waals surface area contributed by atoms with Crippen molar-refractivity contribution >= 4 is 39.8 Å². The Hall–Kier alpha value is -0.880. The van der Waals surface area contributed by atoms with Crippen molar-refractivity contribution in [3.63, 3.8) is 0 Å². The summed E-state index contributed by atoms with van der Waals surface area (Å²) in [4.78, 5) is 4.91. The number of hydrogen-bond acceptors (Lipinski definition) is 4. The third kappa shape index (κ3) is 1.50. The minimum absolute atomic E-state index is 0.287. The van der Waals surface area contributed by atoms with Gasteiger partial charge in [0.05, 0.1) is 16.4 Å². The highest BCUT2D eigenvalue weighted by Gasteiger charge is 2.44. The highest BCUT2D eigenvalue weighted by Crippen LogP contribution is 2.51. The van der Waals surface area contributed by atoms with Gasteiger partial charge in [0.15, 0.2) is 11.5 Å². The van der Waals surface area contributed by atoms with Gasteiger partial charge in [0.25, 0.3) is 0 Å². The molecule has 4 rings (SSSR count). The predicted octanol–water partition coefficient (Wildman–Crippen LogP) is 3.61. The van der Waals surface area contributed by atoms with Crippen molar-refractivity contribution in [3.05, 3.63) is 21.9 Å². The molecule has 0 aromatic carbocycles. The summed E-state index contributed by atoms with van der Waals surface area (Å²) in [6.07, 6.45) is 9.13. The van der Waals surface area contributed by atoms with Crippen LogP contribution in [0.2, 0.25) is 0 Å². The lowest BCUT2D eigenvalue weighted by molar-refractivity contribution is 0.429. The molecular weight excluding hydrogens is 324 g/mol. The first-order valence-electron chi connectivity index (χ1n) is 6.65. The van der Waals surface area contributed by atoms with Crippen molar-refractivity contribution in [2.24, 2.45) is 4.36 Å². The first kappa shape index (κ1) is 11.9. The van der Waals surface area contributed by atoms with Gasteiger partial charge in [0.2, 0.25) is 0 Å². The second-order valence-corrected chi connectivity index (χ2v) is 6.61. The molecule has 98 valence electrons. The topological polar surface area (TPSA) is 42.5 Å². The van der Waals surface area contributed by atoms with E-state index in [0.717, 1.165) is 22.4 Å². The molecule has 0 saturated heterocycles. The van der Waals surface area contributed by atoms with Gasteiger partial charge in [-0.15, -0.1) is 0 Å². The van der Waals surface area contributed by atoms with Crippen LogP contribution in [0.25, 0.3) is 5.65 Å². The fraction of sp³-hybridized carbons (Fsp3) is 0.538. The Morgan fingerprint density at radius 1 is 1.32 bits per heavy atom. The maximum absolute atomic E-state index is 4.98. The lowest BCUT2D eigenvalue weighted by atomic mass is 9.83. The second kappa shape index (κ2) is 4.06. The minimum atomic E-state index is 0.287. The number of nitrogens with zero attached hydrogens (tertiary/aromatic N) is 4. The molecule has 2 aromatic heterocycles. The van der Waals surface area contributed by atoms with Gasteiger partial charge in [-0.25, -0.2) is 4.98 Å². The van der Waals surface area contributed by atoms with Gasteiger partial charge in [0.1, 0.15) is 0 Å². The Bertz CT molecular complexity index is 687. The van der Waals surface area contributed by atoms with Crippen LogP contribution in [-0.4, -0.2) is 14.6 Å². The van der Waals surface area contributed by atoms with E-state index >= 15 is 0 Å². The second-order valence-electron chi connectivity index (χ2n) is 5.57. The smallest absolute Gasteiger partial charge is 0.174 e. The third-order valence-electron chi connectivity index (χ3n) is 4.68. The van der Waals surface area contributed by atoms with Crippen LogP contribution < -0.4 is 0 Å². The van der Waals surface area contributed by atoms with Crippen molar-refractivity contribution < 1.29 is 0 Å². The molecule has 1 spiro atoms. The molecule has 0 atom stereocenters. The largest absolute Gasteiger partial charge is 0.231 e. The molecule has 1 saturated carbocycles. The number of halogens is 1. The molecule has 4 nitrogen and oxygen atoms in total. The monoisotopic (exact) mass is 336 g/mol. The summed E-state index contributed by atoms with van der Waals surface area (Å²) in [6.45, 7) is 0. The Morgan fingerprint density at radius 3 is 2.84 bits per heavy atom. The molecule has 0 N–H and O–H groups in total. The van der Waals surface area contributed by atoms with Crippen molar-refractivity contribution in [3.8, 4) is 0 Å². The summed E-state index contributed by atoms with van der Waals surface area (Å²) in [5.41, 5.74) is 3.59. The van der Waals surface area contributed by atoms with Crippen molar-refractivity contribution in [1.29, 1.82) is 0 Å². The molecule has 19 heavy (non-hydrogen) atoms. The first-order chi connectivity index (χ1) is 9.25. The van der Waals surface area contributed by atoms with Gasteiger partial charge in [-0.2, -0.15) is 14.0 Å². The number of fused-ring (bicyclic) bond motifs is 3. The zero-order valence-corrected chi connectivity index (χ0v) is 12.8. The van der Waals surface area contributed by atoms with Crippen LogP contribution in [0.3, 0.4) is 0 Å². The summed E-state index contributed by atoms with van der Waals surface area (Å²) < 4.78 is 6.74. The Balaban J connectivity index is 2.06. The quantitative estimate of drug-likeness (QED) is 0.798. The Kier molecular flexibility index (Phi) is 2.54. The Morgan fingerprint density at radius 2 is 2.11 bits per heavy atom. The first-order valence-corrected chi connectivity index (χ1v) is 7.81. The van der Waals surface area contributed by atoms with Gasteiger partial charge in [-0.3, -0.25) is 0 Å². The van der Waals surface area contributed by atoms with E-state index in [2.05, 4.69) is 25.4 Å². The molecular formula is C13H13BrN4S. The molecule has 2 aliphatic carbocycles. The number of rotatable bonds is 1. The van der Waals surface area contributed by atoms with Crippen LogP contribution in [0, 0.1) is 0 Å². The Labute approximate surface area is 124 Å². The zero-order valence-electron chi connectivity index (χ0n) is 10.4. The highest BCUT2D eigenvalue weighted by molar-refractivity contribution is 9.10. The normalized spacial score (nSPS) is 20.3. The highest BCUT2D eigenvalue weighted by atomic mass is 79.9. The lowest BCUT2D eigenvalue weighted by Crippen LogP contribution is -2.19. The van der Waals surface area contributed by atoms with Gasteiger partial charge < -0.3 is 0 Å². The molecule has 0 amide bonds. The van der Waals surface area contributed by atoms with Crippen LogP contribution in [0.1, 0.15) is 43.4 Å². The summed E-state index contributed by atoms with van der Waals surface area (Å²) in [5.74, 6) is 0.810. The van der Waals surface area contributed by atoms with Crippen LogP contribution >= 0.6 is 15.9 Å². The SMILES string of the molecule is S=Nc1c2c(nc3c(Br)cnn13)C1(CCCC1)CC2. The van der Waals surface area contributed by atoms with E-state index in [1.807, 2.05) is 0 Å². The molecule has 0 radical (unpaired) electrons. The van der Waals surface area contributed by atoms with Crippen LogP contribution in [0.15, 0.2) is 15.0 Å². The zero-order chi connectivity index (χ0) is 13.0. The standard InChI is InChI=1S/C13H13BrN4S/c14-9-7-15-18-11(17-19)8-3-6-13(4-1-2-5-13)10(8)16-12(9)18/h7H,1-6H2. The van der Waals surface area contributed by atoms with E-state index in [0.29, 0.717) is 0 Å². The molecule has 6 heteroatoms. The third-order valence-corrected chi connectivity index (χ3v) is 5.41. The van der Waals surface area contributed by atoms with Gasteiger partial charge in [-0.1, -0.05) is 12.8 Å². The average Bonchev–Trinajstić information content (AvgIpc) is 3.12. The van der Waals surface area contributed by atoms with Crippen LogP contribution in [0.5, 0.6) is 0 Å². The van der Waals surface area contributed by atoms with Crippen molar-refractivity contribution in [2.75, 3.05) is 0 Å². The van der Waals surface area contributed by atoms with Gasteiger partial charge in [0, 0.05) is 23.4 Å². The lowest BCUT2D eigenvalue weighted by Gasteiger charge is -2.23. The van der Waals surface area contributed by atoms with E-state index in [1.54, 1.807) is 10.7 Å². The summed E-state index contributed by atoms with van der Waals surface area (Å²) in [7, 11) is 0. The number of aromatic nitrogens is 3. The fourth-order valence-electron chi connectivity index (χ4n) is 3.77. The van der Waals surface area contributed by atoms with Crippen LogP contribution in [-0.2, 0) is 24.3 Å². The molecule has 0 bridgehead atoms. The van der Waals surface area contributed by atoms with E-state index in [4.69, 9.17) is 17.4 Å². The van der Waals surface area contributed by atoms with Gasteiger partial charge >= 0.3 is 0 Å². The fourth-order valence-corrected chi connectivity index (χ4v) is 4.30. The summed E-state index contributed by atoms with van der Waals surface area (Å²) >= 11 is 8.49. The van der Waals surface area contributed by atoms with Gasteiger partial charge in [-0.05, 0) is 41.6 Å². The summed E-state index contributed by atoms with van der Waals surface area (Å²) in [6, 6.07) is 0. The maximum atomic E-state index is 4.98. The molecule has 1 fully saturated rings. The van der Waals surface area contributed by atoms with E-state index in [1.165, 1.54) is 43.4 Å². The molecule has 2 aromatic rings. The van der Waals surface area contributed by atoms with E-state index in [-0.39, 0.29) is 5.41 Å². The summed E-state index contributed by atoms with van der Waals surface area (Å²) in [5, 5.41) is 4.33. The minimum Gasteiger partial charge on any atom is -0.231 e. The van der Waals surface area contributed by atoms with E-state index in [9.17, 15) is 0 Å². The number of hydrogen-bond donors (Lipinski definition) is 0. The molecule has 0 unspecified atom stereocenters. The maximum Gasteiger partial charge on any atom is 0.174 e. The van der Waals surface area contributed by atoms with Crippen molar-refractivity contribution in [2.45, 2.75) is 43.9 Å². The molecule has 2 heterocycles. The molecule has 2 aliphatic rings.